The van der Waals surface area contributed by atoms with E-state index in [1.54, 1.807) is 7.11 Å². The van der Waals surface area contributed by atoms with E-state index >= 15 is 0 Å². The van der Waals surface area contributed by atoms with Crippen LogP contribution in [0.25, 0.3) is 0 Å². The molecule has 1 saturated heterocycles. The Morgan fingerprint density at radius 2 is 2.18 bits per heavy atom. The normalized spacial score (nSPS) is 25.3. The third-order valence-electron chi connectivity index (χ3n) is 3.73. The first-order valence-electron chi connectivity index (χ1n) is 6.11. The first-order valence-corrected chi connectivity index (χ1v) is 6.11. The summed E-state index contributed by atoms with van der Waals surface area (Å²) in [7, 11) is 3.72. The first kappa shape index (κ1) is 12.2. The second-order valence-corrected chi connectivity index (χ2v) is 4.93. The molecule has 5 heteroatoms. The monoisotopic (exact) mass is 238 g/mol. The lowest BCUT2D eigenvalue weighted by Gasteiger charge is -2.37. The minimum Gasteiger partial charge on any atom is -0.394 e. The Kier molecular flexibility index (Phi) is 3.28. The maximum Gasteiger partial charge on any atom is 0.150 e. The average molecular weight is 238 g/mol. The number of ether oxygens (including phenoxy) is 1. The second-order valence-electron chi connectivity index (χ2n) is 4.93. The smallest absolute Gasteiger partial charge is 0.150 e. The van der Waals surface area contributed by atoms with Crippen molar-refractivity contribution < 1.29 is 4.74 Å². The molecule has 0 radical (unpaired) electrons. The van der Waals surface area contributed by atoms with Gasteiger partial charge in [-0.2, -0.15) is 5.10 Å². The molecule has 17 heavy (non-hydrogen) atoms. The Morgan fingerprint density at radius 1 is 1.47 bits per heavy atom. The Morgan fingerprint density at radius 3 is 2.71 bits per heavy atom. The lowest BCUT2D eigenvalue weighted by molar-refractivity contribution is 0.0495. The van der Waals surface area contributed by atoms with Crippen LogP contribution in [0.4, 0.5) is 11.5 Å². The van der Waals surface area contributed by atoms with Gasteiger partial charge in [-0.15, -0.1) is 0 Å². The zero-order valence-electron chi connectivity index (χ0n) is 11.1. The number of nitrogens with two attached hydrogens (primary N) is 1. The van der Waals surface area contributed by atoms with Crippen LogP contribution in [0.15, 0.2) is 0 Å². The van der Waals surface area contributed by atoms with Crippen LogP contribution in [0, 0.1) is 12.8 Å². The van der Waals surface area contributed by atoms with Gasteiger partial charge in [-0.25, -0.2) is 0 Å². The third-order valence-corrected chi connectivity index (χ3v) is 3.73. The van der Waals surface area contributed by atoms with Crippen molar-refractivity contribution in [3.8, 4) is 0 Å². The van der Waals surface area contributed by atoms with Crippen LogP contribution in [0.2, 0.25) is 0 Å². The Balaban J connectivity index is 2.23. The third kappa shape index (κ3) is 2.11. The molecule has 0 aromatic carbocycles. The van der Waals surface area contributed by atoms with Crippen LogP contribution in [0.5, 0.6) is 0 Å². The molecule has 1 aliphatic rings. The molecule has 2 heterocycles. The highest BCUT2D eigenvalue weighted by Gasteiger charge is 2.29. The van der Waals surface area contributed by atoms with Gasteiger partial charge in [0, 0.05) is 27.2 Å². The summed E-state index contributed by atoms with van der Waals surface area (Å²) in [5.74, 6) is 1.63. The fourth-order valence-electron chi connectivity index (χ4n) is 2.57. The molecule has 1 aromatic rings. The molecule has 2 rings (SSSR count). The summed E-state index contributed by atoms with van der Waals surface area (Å²) in [5.41, 5.74) is 7.78. The van der Waals surface area contributed by atoms with Crippen molar-refractivity contribution in [1.82, 2.24) is 9.78 Å². The van der Waals surface area contributed by atoms with Crippen LogP contribution in [0.1, 0.15) is 19.0 Å². The molecule has 5 nitrogen and oxygen atoms in total. The summed E-state index contributed by atoms with van der Waals surface area (Å²) in [6.07, 6.45) is 1.40. The largest absolute Gasteiger partial charge is 0.394 e. The molecule has 0 amide bonds. The number of hydrogen-bond donors (Lipinski definition) is 1. The number of aryl methyl sites for hydroxylation is 2. The maximum atomic E-state index is 6.09. The predicted molar refractivity (Wildman–Crippen MR) is 69.1 cm³/mol. The lowest BCUT2D eigenvalue weighted by Crippen LogP contribution is -2.44. The summed E-state index contributed by atoms with van der Waals surface area (Å²) < 4.78 is 7.40. The molecule has 0 spiro atoms. The van der Waals surface area contributed by atoms with Crippen molar-refractivity contribution in [3.05, 3.63) is 5.69 Å². The molecule has 2 unspecified atom stereocenters. The van der Waals surface area contributed by atoms with Gasteiger partial charge >= 0.3 is 0 Å². The first-order chi connectivity index (χ1) is 8.04. The Labute approximate surface area is 103 Å². The summed E-state index contributed by atoms with van der Waals surface area (Å²) in [5, 5.41) is 4.36. The molecular weight excluding hydrogens is 216 g/mol. The van der Waals surface area contributed by atoms with Crippen molar-refractivity contribution >= 4 is 11.5 Å². The molecular formula is C12H22N4O. The van der Waals surface area contributed by atoms with Gasteiger partial charge < -0.3 is 15.4 Å². The molecule has 1 fully saturated rings. The minimum atomic E-state index is 0.276. The number of piperidine rings is 1. The number of anilines is 2. The van der Waals surface area contributed by atoms with E-state index in [9.17, 15) is 0 Å². The Bertz CT molecular complexity index is 401. The molecule has 1 aromatic heterocycles. The van der Waals surface area contributed by atoms with E-state index < -0.39 is 0 Å². The van der Waals surface area contributed by atoms with Gasteiger partial charge in [0.25, 0.3) is 0 Å². The fraction of sp³-hybridized carbons (Fsp3) is 0.750. The van der Waals surface area contributed by atoms with Crippen LogP contribution in [-0.2, 0) is 11.8 Å². The molecule has 2 atom stereocenters. The van der Waals surface area contributed by atoms with Gasteiger partial charge in [0.15, 0.2) is 0 Å². The quantitative estimate of drug-likeness (QED) is 0.840. The minimum absolute atomic E-state index is 0.276. The van der Waals surface area contributed by atoms with Gasteiger partial charge in [0.1, 0.15) is 5.82 Å². The highest BCUT2D eigenvalue weighted by molar-refractivity contribution is 5.66. The van der Waals surface area contributed by atoms with Crippen LogP contribution in [-0.4, -0.2) is 36.1 Å². The molecule has 1 aliphatic heterocycles. The van der Waals surface area contributed by atoms with E-state index in [1.807, 2.05) is 18.7 Å². The topological polar surface area (TPSA) is 56.3 Å². The molecule has 96 valence electrons. The van der Waals surface area contributed by atoms with Gasteiger partial charge in [-0.1, -0.05) is 6.92 Å². The van der Waals surface area contributed by atoms with Crippen molar-refractivity contribution in [2.45, 2.75) is 26.4 Å². The standard InChI is InChI=1S/C12H22N4O/c1-8-5-6-16(7-10(8)17-4)12-11(13)9(2)14-15(12)3/h8,10H,5-7,13H2,1-4H3. The van der Waals surface area contributed by atoms with Crippen molar-refractivity contribution in [3.63, 3.8) is 0 Å². The zero-order chi connectivity index (χ0) is 12.6. The van der Waals surface area contributed by atoms with Gasteiger partial charge in [-0.3, -0.25) is 4.68 Å². The van der Waals surface area contributed by atoms with E-state index in [0.29, 0.717) is 5.92 Å². The van der Waals surface area contributed by atoms with Crippen molar-refractivity contribution in [1.29, 1.82) is 0 Å². The molecule has 0 saturated carbocycles. The average Bonchev–Trinajstić information content (AvgIpc) is 2.55. The summed E-state index contributed by atoms with van der Waals surface area (Å²) in [6.45, 7) is 6.09. The van der Waals surface area contributed by atoms with E-state index in [1.165, 1.54) is 0 Å². The summed E-state index contributed by atoms with van der Waals surface area (Å²) >= 11 is 0. The second kappa shape index (κ2) is 4.56. The summed E-state index contributed by atoms with van der Waals surface area (Å²) in [6, 6.07) is 0. The van der Waals surface area contributed by atoms with Crippen LogP contribution < -0.4 is 10.6 Å². The van der Waals surface area contributed by atoms with Crippen LogP contribution in [0.3, 0.4) is 0 Å². The number of nitrogens with zero attached hydrogens (tertiary/aromatic N) is 3. The maximum absolute atomic E-state index is 6.09. The number of nitrogen functional groups attached to an aromatic ring is 1. The zero-order valence-corrected chi connectivity index (χ0v) is 11.1. The molecule has 2 N–H and O–H groups in total. The number of hydrogen-bond acceptors (Lipinski definition) is 4. The highest BCUT2D eigenvalue weighted by Crippen LogP contribution is 2.30. The van der Waals surface area contributed by atoms with E-state index in [4.69, 9.17) is 10.5 Å². The van der Waals surface area contributed by atoms with Crippen LogP contribution >= 0.6 is 0 Å². The SMILES string of the molecule is COC1CN(c2c(N)c(C)nn2C)CCC1C. The van der Waals surface area contributed by atoms with E-state index in [-0.39, 0.29) is 6.10 Å². The number of rotatable bonds is 2. The van der Waals surface area contributed by atoms with Gasteiger partial charge in [0.05, 0.1) is 17.5 Å². The Hall–Kier alpha value is -1.23. The van der Waals surface area contributed by atoms with E-state index in [2.05, 4.69) is 16.9 Å². The van der Waals surface area contributed by atoms with Crippen molar-refractivity contribution in [2.24, 2.45) is 13.0 Å². The lowest BCUT2D eigenvalue weighted by atomic mass is 9.96. The number of aromatic nitrogens is 2. The molecule has 0 aliphatic carbocycles. The van der Waals surface area contributed by atoms with Gasteiger partial charge in [0.2, 0.25) is 0 Å². The number of methoxy groups -OCH3 is 1. The highest BCUT2D eigenvalue weighted by atomic mass is 16.5. The predicted octanol–water partition coefficient (Wildman–Crippen LogP) is 1.17. The van der Waals surface area contributed by atoms with Crippen molar-refractivity contribution in [2.75, 3.05) is 30.8 Å². The van der Waals surface area contributed by atoms with E-state index in [0.717, 1.165) is 36.7 Å². The summed E-state index contributed by atoms with van der Waals surface area (Å²) in [4.78, 5) is 2.28. The van der Waals surface area contributed by atoms with Gasteiger partial charge in [-0.05, 0) is 19.3 Å². The fourth-order valence-corrected chi connectivity index (χ4v) is 2.57. The molecule has 0 bridgehead atoms.